The summed E-state index contributed by atoms with van der Waals surface area (Å²) in [6.45, 7) is 5.60. The molecule has 0 unspecified atom stereocenters. The molecule has 0 aromatic carbocycles. The summed E-state index contributed by atoms with van der Waals surface area (Å²) in [7, 11) is 0. The van der Waals surface area contributed by atoms with E-state index in [0.29, 0.717) is 12.8 Å². The maximum Gasteiger partial charge on any atom is 0.408 e. The molecule has 1 fully saturated rings. The molecule has 1 amide bonds. The van der Waals surface area contributed by atoms with Crippen molar-refractivity contribution in [2.75, 3.05) is 0 Å². The van der Waals surface area contributed by atoms with E-state index >= 15 is 0 Å². The first kappa shape index (κ1) is 11.0. The molecule has 14 heavy (non-hydrogen) atoms. The average molecular weight is 199 g/mol. The normalized spacial score (nSPS) is 22.2. The number of hydrogen-bond acceptors (Lipinski definition) is 3. The van der Waals surface area contributed by atoms with Crippen LogP contribution in [0.5, 0.6) is 0 Å². The number of nitrogens with one attached hydrogen (secondary N) is 1. The molecule has 0 aliphatic heterocycles. The van der Waals surface area contributed by atoms with Gasteiger partial charge >= 0.3 is 6.09 Å². The molecule has 0 spiro atoms. The quantitative estimate of drug-likeness (QED) is 0.698. The highest BCUT2D eigenvalue weighted by Gasteiger charge is 2.28. The highest BCUT2D eigenvalue weighted by molar-refractivity contribution is 5.87. The van der Waals surface area contributed by atoms with Crippen LogP contribution in [0.1, 0.15) is 40.0 Å². The highest BCUT2D eigenvalue weighted by Crippen LogP contribution is 2.17. The van der Waals surface area contributed by atoms with Crippen LogP contribution in [-0.4, -0.2) is 23.5 Å². The Balaban J connectivity index is 2.37. The Bertz CT molecular complexity index is 242. The monoisotopic (exact) mass is 199 g/mol. The fourth-order valence-electron chi connectivity index (χ4n) is 1.37. The number of Topliss-reactive ketones (excluding diaryl/α,β-unsaturated/α-hetero) is 1. The third kappa shape index (κ3) is 3.36. The van der Waals surface area contributed by atoms with Gasteiger partial charge in [-0.25, -0.2) is 4.79 Å². The van der Waals surface area contributed by atoms with Crippen LogP contribution in [0.2, 0.25) is 0 Å². The van der Waals surface area contributed by atoms with Crippen molar-refractivity contribution in [2.24, 2.45) is 0 Å². The van der Waals surface area contributed by atoms with Gasteiger partial charge in [0.2, 0.25) is 0 Å². The van der Waals surface area contributed by atoms with Gasteiger partial charge in [0, 0.05) is 12.0 Å². The maximum absolute atomic E-state index is 11.3. The lowest BCUT2D eigenvalue weighted by molar-refractivity contribution is -0.124. The summed E-state index contributed by atoms with van der Waals surface area (Å²) in [6, 6.07) is 0. The Morgan fingerprint density at radius 1 is 1.50 bits per heavy atom. The van der Waals surface area contributed by atoms with Gasteiger partial charge < -0.3 is 10.1 Å². The third-order valence-corrected chi connectivity index (χ3v) is 1.97. The first-order chi connectivity index (χ1) is 6.38. The first-order valence-electron chi connectivity index (χ1n) is 4.90. The highest BCUT2D eigenvalue weighted by atomic mass is 16.6. The van der Waals surface area contributed by atoms with Crippen molar-refractivity contribution in [3.05, 3.63) is 0 Å². The Morgan fingerprint density at radius 3 is 2.57 bits per heavy atom. The van der Waals surface area contributed by atoms with Crippen LogP contribution in [-0.2, 0) is 9.53 Å². The fraction of sp³-hybridized carbons (Fsp3) is 0.800. The first-order valence-corrected chi connectivity index (χ1v) is 4.90. The largest absolute Gasteiger partial charge is 0.438 e. The van der Waals surface area contributed by atoms with Crippen LogP contribution in [0.4, 0.5) is 4.79 Å². The van der Waals surface area contributed by atoms with Crippen molar-refractivity contribution in [3.8, 4) is 0 Å². The lowest BCUT2D eigenvalue weighted by Crippen LogP contribution is -2.42. The van der Waals surface area contributed by atoms with Crippen LogP contribution in [0, 0.1) is 0 Å². The van der Waals surface area contributed by atoms with Gasteiger partial charge in [-0.1, -0.05) is 0 Å². The summed E-state index contributed by atoms with van der Waals surface area (Å²) in [6.07, 6.45) is 1.01. The maximum atomic E-state index is 11.3. The molecule has 1 aliphatic rings. The SMILES string of the molecule is CC(C)(C)NC(=O)O[C@@H]1CCCC1=O. The van der Waals surface area contributed by atoms with Gasteiger partial charge in [0.15, 0.2) is 11.9 Å². The third-order valence-electron chi connectivity index (χ3n) is 1.97. The molecule has 4 nitrogen and oxygen atoms in total. The van der Waals surface area contributed by atoms with Crippen molar-refractivity contribution in [3.63, 3.8) is 0 Å². The minimum atomic E-state index is -0.516. The lowest BCUT2D eigenvalue weighted by Gasteiger charge is -2.21. The van der Waals surface area contributed by atoms with Crippen LogP contribution in [0.15, 0.2) is 0 Å². The smallest absolute Gasteiger partial charge is 0.408 e. The Kier molecular flexibility index (Phi) is 3.13. The van der Waals surface area contributed by atoms with Gasteiger partial charge in [-0.3, -0.25) is 4.79 Å². The molecular formula is C10H17NO3. The number of ether oxygens (including phenoxy) is 1. The number of amides is 1. The molecule has 0 heterocycles. The van der Waals surface area contributed by atoms with E-state index in [9.17, 15) is 9.59 Å². The van der Waals surface area contributed by atoms with Gasteiger partial charge in [-0.2, -0.15) is 0 Å². The molecule has 4 heteroatoms. The summed E-state index contributed by atoms with van der Waals surface area (Å²) < 4.78 is 5.00. The van der Waals surface area contributed by atoms with E-state index < -0.39 is 12.2 Å². The van der Waals surface area contributed by atoms with Crippen LogP contribution in [0.3, 0.4) is 0 Å². The van der Waals surface area contributed by atoms with Crippen LogP contribution >= 0.6 is 0 Å². The molecule has 0 aromatic rings. The molecule has 1 N–H and O–H groups in total. The van der Waals surface area contributed by atoms with E-state index in [0.717, 1.165) is 6.42 Å². The second-order valence-corrected chi connectivity index (χ2v) is 4.63. The van der Waals surface area contributed by atoms with Crippen molar-refractivity contribution in [1.82, 2.24) is 5.32 Å². The average Bonchev–Trinajstić information content (AvgIpc) is 2.32. The van der Waals surface area contributed by atoms with Crippen molar-refractivity contribution < 1.29 is 14.3 Å². The second-order valence-electron chi connectivity index (χ2n) is 4.63. The minimum absolute atomic E-state index is 0.0362. The molecular weight excluding hydrogens is 182 g/mol. The van der Waals surface area contributed by atoms with E-state index in [1.807, 2.05) is 20.8 Å². The zero-order chi connectivity index (χ0) is 10.8. The van der Waals surface area contributed by atoms with E-state index in [2.05, 4.69) is 5.32 Å². The van der Waals surface area contributed by atoms with Gasteiger partial charge in [0.05, 0.1) is 0 Å². The van der Waals surface area contributed by atoms with E-state index in [1.165, 1.54) is 0 Å². The molecule has 0 saturated heterocycles. The fourth-order valence-corrected chi connectivity index (χ4v) is 1.37. The predicted molar refractivity (Wildman–Crippen MR) is 52.0 cm³/mol. The Labute approximate surface area is 84.0 Å². The minimum Gasteiger partial charge on any atom is -0.438 e. The Hall–Kier alpha value is -1.06. The van der Waals surface area contributed by atoms with E-state index in [4.69, 9.17) is 4.74 Å². The van der Waals surface area contributed by atoms with Crippen molar-refractivity contribution in [2.45, 2.75) is 51.7 Å². The van der Waals surface area contributed by atoms with Crippen molar-refractivity contribution in [1.29, 1.82) is 0 Å². The van der Waals surface area contributed by atoms with Crippen LogP contribution < -0.4 is 5.32 Å². The number of carbonyl (C=O) groups is 2. The number of alkyl carbamates (subject to hydrolysis) is 1. The van der Waals surface area contributed by atoms with Gasteiger partial charge in [0.1, 0.15) is 0 Å². The molecule has 80 valence electrons. The Morgan fingerprint density at radius 2 is 2.14 bits per heavy atom. The number of hydrogen-bond donors (Lipinski definition) is 1. The molecule has 0 bridgehead atoms. The lowest BCUT2D eigenvalue weighted by atomic mass is 10.1. The van der Waals surface area contributed by atoms with Crippen LogP contribution in [0.25, 0.3) is 0 Å². The van der Waals surface area contributed by atoms with Gasteiger partial charge in [0.25, 0.3) is 0 Å². The molecule has 1 atom stereocenters. The summed E-state index contributed by atoms with van der Waals surface area (Å²) in [4.78, 5) is 22.4. The summed E-state index contributed by atoms with van der Waals surface area (Å²) in [5, 5.41) is 2.65. The van der Waals surface area contributed by atoms with E-state index in [-0.39, 0.29) is 11.3 Å². The number of rotatable bonds is 1. The van der Waals surface area contributed by atoms with E-state index in [1.54, 1.807) is 0 Å². The van der Waals surface area contributed by atoms with Gasteiger partial charge in [-0.15, -0.1) is 0 Å². The molecule has 1 aliphatic carbocycles. The van der Waals surface area contributed by atoms with Crippen molar-refractivity contribution >= 4 is 11.9 Å². The predicted octanol–water partition coefficient (Wildman–Crippen LogP) is 1.63. The molecule has 1 rings (SSSR count). The number of ketones is 1. The second kappa shape index (κ2) is 3.98. The summed E-state index contributed by atoms with van der Waals surface area (Å²) in [5.74, 6) is 0.0362. The molecule has 0 radical (unpaired) electrons. The summed E-state index contributed by atoms with van der Waals surface area (Å²) >= 11 is 0. The molecule has 0 aromatic heterocycles. The summed E-state index contributed by atoms with van der Waals surface area (Å²) in [5.41, 5.74) is -0.321. The zero-order valence-electron chi connectivity index (χ0n) is 8.92. The molecule has 1 saturated carbocycles. The zero-order valence-corrected chi connectivity index (χ0v) is 8.92. The standard InChI is InChI=1S/C10H17NO3/c1-10(2,3)11-9(13)14-8-6-4-5-7(8)12/h8H,4-6H2,1-3H3,(H,11,13)/t8-/m1/s1. The number of carbonyl (C=O) groups excluding carboxylic acids is 2. The van der Waals surface area contributed by atoms with Gasteiger partial charge in [-0.05, 0) is 33.6 Å². The topological polar surface area (TPSA) is 55.4 Å².